The second-order valence-corrected chi connectivity index (χ2v) is 6.77. The summed E-state index contributed by atoms with van der Waals surface area (Å²) in [7, 11) is 0. The lowest BCUT2D eigenvalue weighted by molar-refractivity contribution is -0.122. The summed E-state index contributed by atoms with van der Waals surface area (Å²) in [6.07, 6.45) is 5.74. The zero-order valence-electron chi connectivity index (χ0n) is 12.0. The average Bonchev–Trinajstić information content (AvgIpc) is 3.04. The number of carbonyl (C=O) groups excluding carboxylic acids is 1. The number of nitrogens with one attached hydrogen (secondary N) is 2. The fraction of sp³-hybridized carbons (Fsp3) is 0.438. The van der Waals surface area contributed by atoms with E-state index in [4.69, 9.17) is 5.73 Å². The Hall–Kier alpha value is -2.21. The maximum absolute atomic E-state index is 12.7. The number of hydrogen-bond donors (Lipinski definition) is 3. The van der Waals surface area contributed by atoms with Gasteiger partial charge < -0.3 is 11.1 Å². The topological polar surface area (TPSA) is 96.7 Å². The van der Waals surface area contributed by atoms with E-state index in [1.807, 2.05) is 18.2 Å². The molecule has 4 bridgehead atoms. The normalized spacial score (nSPS) is 37.3. The highest BCUT2D eigenvalue weighted by molar-refractivity contribution is 5.99. The molecule has 4 N–H and O–H groups in total. The molecule has 6 rings (SSSR count). The van der Waals surface area contributed by atoms with Crippen LogP contribution in [0.3, 0.4) is 0 Å². The van der Waals surface area contributed by atoms with E-state index in [1.165, 1.54) is 0 Å². The largest absolute Gasteiger partial charge is 0.326 e. The predicted molar refractivity (Wildman–Crippen MR) is 80.6 cm³/mol. The minimum atomic E-state index is -0.307. The highest BCUT2D eigenvalue weighted by atomic mass is 16.2. The first-order chi connectivity index (χ1) is 10.7. The number of pyridine rings is 1. The number of amides is 1. The van der Waals surface area contributed by atoms with Gasteiger partial charge in [0.2, 0.25) is 5.91 Å². The predicted octanol–water partition coefficient (Wildman–Crippen LogP) is 1.39. The molecule has 0 saturated heterocycles. The Morgan fingerprint density at radius 3 is 2.86 bits per heavy atom. The van der Waals surface area contributed by atoms with Gasteiger partial charge in [-0.1, -0.05) is 0 Å². The maximum atomic E-state index is 12.7. The molecule has 6 nitrogen and oxygen atoms in total. The molecule has 112 valence electrons. The van der Waals surface area contributed by atoms with Crippen LogP contribution in [0.25, 0.3) is 11.3 Å². The smallest absolute Gasteiger partial charge is 0.233 e. The van der Waals surface area contributed by atoms with Crippen molar-refractivity contribution in [2.75, 3.05) is 5.32 Å². The number of anilines is 1. The molecule has 0 radical (unpaired) electrons. The minimum absolute atomic E-state index is 0.0271. The molecule has 4 saturated carbocycles. The molecular weight excluding hydrogens is 278 g/mol. The average molecular weight is 295 g/mol. The Balaban J connectivity index is 1.38. The van der Waals surface area contributed by atoms with Gasteiger partial charge in [-0.3, -0.25) is 14.9 Å². The van der Waals surface area contributed by atoms with Gasteiger partial charge in [-0.25, -0.2) is 0 Å². The molecular formula is C16H17N5O. The molecule has 0 aromatic carbocycles. The van der Waals surface area contributed by atoms with E-state index in [-0.39, 0.29) is 17.4 Å². The number of nitrogens with zero attached hydrogens (tertiary/aromatic N) is 2. The highest BCUT2D eigenvalue weighted by Gasteiger charge is 2.82. The maximum Gasteiger partial charge on any atom is 0.233 e. The van der Waals surface area contributed by atoms with Crippen molar-refractivity contribution in [3.63, 3.8) is 0 Å². The van der Waals surface area contributed by atoms with Crippen LogP contribution in [-0.4, -0.2) is 27.1 Å². The number of nitrogens with two attached hydrogens (primary N) is 1. The van der Waals surface area contributed by atoms with Gasteiger partial charge in [0.15, 0.2) is 5.82 Å². The van der Waals surface area contributed by atoms with Crippen LogP contribution in [-0.2, 0) is 4.79 Å². The molecule has 4 aliphatic rings. The van der Waals surface area contributed by atoms with E-state index in [2.05, 4.69) is 20.5 Å². The molecule has 2 aromatic heterocycles. The minimum Gasteiger partial charge on any atom is -0.326 e. The summed E-state index contributed by atoms with van der Waals surface area (Å²) in [6.45, 7) is 0. The highest BCUT2D eigenvalue weighted by Crippen LogP contribution is 2.78. The van der Waals surface area contributed by atoms with Crippen LogP contribution in [0.1, 0.15) is 12.8 Å². The molecule has 3 unspecified atom stereocenters. The van der Waals surface area contributed by atoms with Crippen molar-refractivity contribution in [1.82, 2.24) is 15.2 Å². The summed E-state index contributed by atoms with van der Waals surface area (Å²) in [6, 6.07) is 5.68. The van der Waals surface area contributed by atoms with Crippen molar-refractivity contribution in [3.8, 4) is 11.3 Å². The van der Waals surface area contributed by atoms with Gasteiger partial charge >= 0.3 is 0 Å². The van der Waals surface area contributed by atoms with Crippen molar-refractivity contribution < 1.29 is 4.79 Å². The first kappa shape index (κ1) is 12.3. The molecule has 2 aromatic rings. The van der Waals surface area contributed by atoms with E-state index < -0.39 is 0 Å². The molecule has 22 heavy (non-hydrogen) atoms. The number of carbonyl (C=O) groups is 1. The molecule has 6 heteroatoms. The number of hydrogen-bond acceptors (Lipinski definition) is 4. The Kier molecular flexibility index (Phi) is 2.22. The summed E-state index contributed by atoms with van der Waals surface area (Å²) >= 11 is 0. The van der Waals surface area contributed by atoms with Crippen molar-refractivity contribution in [2.45, 2.75) is 18.9 Å². The summed E-state index contributed by atoms with van der Waals surface area (Å²) in [5, 5.41) is 10.1. The molecule has 3 atom stereocenters. The summed E-state index contributed by atoms with van der Waals surface area (Å²) in [5.74, 6) is 2.17. The van der Waals surface area contributed by atoms with E-state index in [0.29, 0.717) is 23.6 Å². The van der Waals surface area contributed by atoms with Crippen LogP contribution >= 0.6 is 0 Å². The number of H-pyrrole nitrogens is 1. The van der Waals surface area contributed by atoms with E-state index in [0.717, 1.165) is 24.1 Å². The van der Waals surface area contributed by atoms with E-state index in [1.54, 1.807) is 12.4 Å². The number of aromatic nitrogens is 3. The van der Waals surface area contributed by atoms with Gasteiger partial charge in [0.1, 0.15) is 0 Å². The van der Waals surface area contributed by atoms with Crippen LogP contribution in [0.15, 0.2) is 30.6 Å². The molecule has 1 amide bonds. The third-order valence-corrected chi connectivity index (χ3v) is 5.96. The molecule has 4 fully saturated rings. The van der Waals surface area contributed by atoms with Crippen LogP contribution in [0.2, 0.25) is 0 Å². The van der Waals surface area contributed by atoms with Gasteiger partial charge in [-0.05, 0) is 42.7 Å². The number of rotatable bonds is 3. The van der Waals surface area contributed by atoms with Crippen molar-refractivity contribution in [1.29, 1.82) is 0 Å². The standard InChI is InChI=1S/C16H17N5O/c17-14-9-4-10-11(5-9)16(10,14)15(22)19-13-6-12(20-21-13)8-2-1-3-18-7-8/h1-3,6-7,9-11,14H,4-5,17H2,(H2,19,20,21,22). The molecule has 0 aliphatic heterocycles. The zero-order chi connectivity index (χ0) is 14.9. The molecule has 4 aliphatic carbocycles. The first-order valence-electron chi connectivity index (χ1n) is 7.74. The molecule has 2 heterocycles. The second kappa shape index (κ2) is 3.95. The SMILES string of the molecule is NC1C2CC3C(C2)C13C(=O)Nc1cc(-c2cccnc2)[nH]n1. The quantitative estimate of drug-likeness (QED) is 0.797. The van der Waals surface area contributed by atoms with Gasteiger partial charge in [-0.15, -0.1) is 0 Å². The van der Waals surface area contributed by atoms with Crippen LogP contribution < -0.4 is 11.1 Å². The molecule has 0 spiro atoms. The lowest BCUT2D eigenvalue weighted by Crippen LogP contribution is -2.40. The van der Waals surface area contributed by atoms with E-state index in [9.17, 15) is 4.79 Å². The Labute approximate surface area is 127 Å². The Morgan fingerprint density at radius 1 is 1.41 bits per heavy atom. The van der Waals surface area contributed by atoms with Crippen molar-refractivity contribution >= 4 is 11.7 Å². The monoisotopic (exact) mass is 295 g/mol. The summed E-state index contributed by atoms with van der Waals surface area (Å²) in [4.78, 5) is 16.8. The van der Waals surface area contributed by atoms with Crippen LogP contribution in [0.4, 0.5) is 5.82 Å². The van der Waals surface area contributed by atoms with Crippen molar-refractivity contribution in [3.05, 3.63) is 30.6 Å². The van der Waals surface area contributed by atoms with Crippen LogP contribution in [0, 0.1) is 23.2 Å². The third kappa shape index (κ3) is 1.36. The fourth-order valence-electron chi connectivity index (χ4n) is 4.98. The van der Waals surface area contributed by atoms with Crippen LogP contribution in [0.5, 0.6) is 0 Å². The second-order valence-electron chi connectivity index (χ2n) is 6.77. The van der Waals surface area contributed by atoms with Gasteiger partial charge in [0, 0.05) is 30.1 Å². The Bertz CT molecular complexity index is 743. The van der Waals surface area contributed by atoms with Gasteiger partial charge in [0.25, 0.3) is 0 Å². The van der Waals surface area contributed by atoms with Crippen molar-refractivity contribution in [2.24, 2.45) is 28.9 Å². The third-order valence-electron chi connectivity index (χ3n) is 5.96. The van der Waals surface area contributed by atoms with Gasteiger partial charge in [-0.2, -0.15) is 5.10 Å². The summed E-state index contributed by atoms with van der Waals surface area (Å²) in [5.41, 5.74) is 7.77. The number of aromatic amines is 1. The summed E-state index contributed by atoms with van der Waals surface area (Å²) < 4.78 is 0. The Morgan fingerprint density at radius 2 is 2.23 bits per heavy atom. The zero-order valence-corrected chi connectivity index (χ0v) is 12.0. The lowest BCUT2D eigenvalue weighted by Gasteiger charge is -2.17. The fourth-order valence-corrected chi connectivity index (χ4v) is 4.98. The first-order valence-corrected chi connectivity index (χ1v) is 7.74. The lowest BCUT2D eigenvalue weighted by atomic mass is 9.97. The van der Waals surface area contributed by atoms with Gasteiger partial charge in [0.05, 0.1) is 11.1 Å². The van der Waals surface area contributed by atoms with E-state index >= 15 is 0 Å².